The summed E-state index contributed by atoms with van der Waals surface area (Å²) < 4.78 is 10.5. The van der Waals surface area contributed by atoms with Crippen molar-refractivity contribution in [2.24, 2.45) is 0 Å². The molecule has 1 aromatic carbocycles. The Morgan fingerprint density at radius 1 is 1.33 bits per heavy atom. The number of methoxy groups -OCH3 is 1. The largest absolute Gasteiger partial charge is 0.384 e. The van der Waals surface area contributed by atoms with Gasteiger partial charge in [-0.1, -0.05) is 12.1 Å². The van der Waals surface area contributed by atoms with Gasteiger partial charge in [0.15, 0.2) is 0 Å². The molecule has 1 aliphatic rings. The van der Waals surface area contributed by atoms with Crippen molar-refractivity contribution in [1.29, 1.82) is 0 Å². The van der Waals surface area contributed by atoms with Gasteiger partial charge in [-0.3, -0.25) is 4.90 Å². The van der Waals surface area contributed by atoms with Crippen molar-refractivity contribution in [2.45, 2.75) is 6.61 Å². The molecule has 0 saturated carbocycles. The highest BCUT2D eigenvalue weighted by molar-refractivity contribution is 5.45. The van der Waals surface area contributed by atoms with Crippen LogP contribution in [0.1, 0.15) is 5.56 Å². The Kier molecular flexibility index (Phi) is 5.45. The van der Waals surface area contributed by atoms with Crippen LogP contribution in [0.3, 0.4) is 0 Å². The maximum absolute atomic E-state index is 5.33. The molecule has 4 nitrogen and oxygen atoms in total. The molecule has 1 fully saturated rings. The van der Waals surface area contributed by atoms with Crippen molar-refractivity contribution in [3.05, 3.63) is 29.8 Å². The van der Waals surface area contributed by atoms with Gasteiger partial charge in [0.25, 0.3) is 0 Å². The van der Waals surface area contributed by atoms with E-state index in [0.717, 1.165) is 45.1 Å². The second-order valence-electron chi connectivity index (χ2n) is 4.51. The van der Waals surface area contributed by atoms with E-state index in [1.165, 1.54) is 5.56 Å². The molecule has 0 radical (unpaired) electrons. The van der Waals surface area contributed by atoms with E-state index < -0.39 is 0 Å². The first-order valence-electron chi connectivity index (χ1n) is 6.50. The molecule has 1 heterocycles. The number of hydrogen-bond donors (Lipinski definition) is 1. The van der Waals surface area contributed by atoms with E-state index >= 15 is 0 Å². The minimum atomic E-state index is 0.666. The summed E-state index contributed by atoms with van der Waals surface area (Å²) in [5, 5.41) is 3.45. The van der Waals surface area contributed by atoms with Gasteiger partial charge >= 0.3 is 0 Å². The Labute approximate surface area is 109 Å². The summed E-state index contributed by atoms with van der Waals surface area (Å²) in [5.41, 5.74) is 2.37. The third-order valence-corrected chi connectivity index (χ3v) is 3.10. The van der Waals surface area contributed by atoms with Gasteiger partial charge in [-0.05, 0) is 17.7 Å². The zero-order valence-electron chi connectivity index (χ0n) is 11.0. The van der Waals surface area contributed by atoms with E-state index in [1.54, 1.807) is 7.11 Å². The van der Waals surface area contributed by atoms with E-state index in [4.69, 9.17) is 9.47 Å². The van der Waals surface area contributed by atoms with Crippen molar-refractivity contribution >= 4 is 5.69 Å². The van der Waals surface area contributed by atoms with Crippen LogP contribution in [-0.4, -0.2) is 51.4 Å². The number of morpholine rings is 1. The van der Waals surface area contributed by atoms with Crippen LogP contribution in [0, 0.1) is 0 Å². The predicted octanol–water partition coefficient (Wildman–Crippen LogP) is 1.58. The van der Waals surface area contributed by atoms with Crippen molar-refractivity contribution in [1.82, 2.24) is 4.90 Å². The molecule has 1 saturated heterocycles. The second-order valence-corrected chi connectivity index (χ2v) is 4.51. The standard InChI is InChI=1S/C14H22N2O2/c1-17-12-13-3-2-4-14(11-13)15-5-6-16-7-9-18-10-8-16/h2-4,11,15H,5-10,12H2,1H3. The lowest BCUT2D eigenvalue weighted by atomic mass is 10.2. The summed E-state index contributed by atoms with van der Waals surface area (Å²) in [4.78, 5) is 2.43. The molecule has 1 aliphatic heterocycles. The number of benzene rings is 1. The molecule has 100 valence electrons. The molecule has 0 amide bonds. The molecule has 18 heavy (non-hydrogen) atoms. The molecule has 0 aromatic heterocycles. The summed E-state index contributed by atoms with van der Waals surface area (Å²) in [6, 6.07) is 8.38. The van der Waals surface area contributed by atoms with E-state index in [-0.39, 0.29) is 0 Å². The van der Waals surface area contributed by atoms with Crippen molar-refractivity contribution in [2.75, 3.05) is 51.8 Å². The molecule has 0 spiro atoms. The Morgan fingerprint density at radius 3 is 2.94 bits per heavy atom. The molecule has 0 atom stereocenters. The molecule has 2 rings (SSSR count). The molecule has 0 aliphatic carbocycles. The number of nitrogens with one attached hydrogen (secondary N) is 1. The first-order valence-corrected chi connectivity index (χ1v) is 6.50. The zero-order chi connectivity index (χ0) is 12.6. The highest BCUT2D eigenvalue weighted by atomic mass is 16.5. The fraction of sp³-hybridized carbons (Fsp3) is 0.571. The number of ether oxygens (including phenoxy) is 2. The molecule has 1 N–H and O–H groups in total. The fourth-order valence-corrected chi connectivity index (χ4v) is 2.12. The first kappa shape index (κ1) is 13.3. The van der Waals surface area contributed by atoms with Crippen molar-refractivity contribution in [3.63, 3.8) is 0 Å². The van der Waals surface area contributed by atoms with Crippen LogP contribution >= 0.6 is 0 Å². The first-order chi connectivity index (χ1) is 8.88. The maximum atomic E-state index is 5.33. The molecule has 0 unspecified atom stereocenters. The van der Waals surface area contributed by atoms with Crippen LogP contribution in [0.25, 0.3) is 0 Å². The molecular weight excluding hydrogens is 228 g/mol. The van der Waals surface area contributed by atoms with E-state index in [0.29, 0.717) is 6.61 Å². The molecular formula is C14H22N2O2. The van der Waals surface area contributed by atoms with Gasteiger partial charge in [0.1, 0.15) is 0 Å². The molecule has 0 bridgehead atoms. The Bertz CT molecular complexity index is 351. The maximum Gasteiger partial charge on any atom is 0.0713 e. The summed E-state index contributed by atoms with van der Waals surface area (Å²) in [7, 11) is 1.72. The third kappa shape index (κ3) is 4.29. The van der Waals surface area contributed by atoms with Gasteiger partial charge in [-0.15, -0.1) is 0 Å². The second kappa shape index (κ2) is 7.36. The monoisotopic (exact) mass is 250 g/mol. The summed E-state index contributed by atoms with van der Waals surface area (Å²) in [5.74, 6) is 0. The van der Waals surface area contributed by atoms with Crippen LogP contribution in [-0.2, 0) is 16.1 Å². The van der Waals surface area contributed by atoms with Gasteiger partial charge in [-0.25, -0.2) is 0 Å². The topological polar surface area (TPSA) is 33.7 Å². The predicted molar refractivity (Wildman–Crippen MR) is 72.9 cm³/mol. The highest BCUT2D eigenvalue weighted by Crippen LogP contribution is 2.11. The number of anilines is 1. The van der Waals surface area contributed by atoms with Crippen molar-refractivity contribution < 1.29 is 9.47 Å². The summed E-state index contributed by atoms with van der Waals surface area (Å²) >= 11 is 0. The quantitative estimate of drug-likeness (QED) is 0.831. The lowest BCUT2D eigenvalue weighted by molar-refractivity contribution is 0.0398. The SMILES string of the molecule is COCc1cccc(NCCN2CCOCC2)c1. The van der Waals surface area contributed by atoms with E-state index in [2.05, 4.69) is 34.5 Å². The van der Waals surface area contributed by atoms with Gasteiger partial charge in [0, 0.05) is 39.0 Å². The Hall–Kier alpha value is -1.10. The number of hydrogen-bond acceptors (Lipinski definition) is 4. The molecule has 1 aromatic rings. The van der Waals surface area contributed by atoms with Gasteiger partial charge < -0.3 is 14.8 Å². The fourth-order valence-electron chi connectivity index (χ4n) is 2.12. The average molecular weight is 250 g/mol. The molecule has 4 heteroatoms. The third-order valence-electron chi connectivity index (χ3n) is 3.10. The van der Waals surface area contributed by atoms with E-state index in [9.17, 15) is 0 Å². The van der Waals surface area contributed by atoms with Crippen molar-refractivity contribution in [3.8, 4) is 0 Å². The van der Waals surface area contributed by atoms with Crippen LogP contribution in [0.15, 0.2) is 24.3 Å². The number of rotatable bonds is 6. The average Bonchev–Trinajstić information content (AvgIpc) is 2.41. The van der Waals surface area contributed by atoms with Crippen LogP contribution in [0.5, 0.6) is 0 Å². The minimum absolute atomic E-state index is 0.666. The minimum Gasteiger partial charge on any atom is -0.384 e. The van der Waals surface area contributed by atoms with Gasteiger partial charge in [0.2, 0.25) is 0 Å². The van der Waals surface area contributed by atoms with Crippen LogP contribution in [0.4, 0.5) is 5.69 Å². The lowest BCUT2D eigenvalue weighted by Crippen LogP contribution is -2.39. The van der Waals surface area contributed by atoms with Gasteiger partial charge in [-0.2, -0.15) is 0 Å². The van der Waals surface area contributed by atoms with Crippen LogP contribution < -0.4 is 5.32 Å². The smallest absolute Gasteiger partial charge is 0.0713 e. The Morgan fingerprint density at radius 2 is 2.17 bits per heavy atom. The summed E-state index contributed by atoms with van der Waals surface area (Å²) in [6.07, 6.45) is 0. The lowest BCUT2D eigenvalue weighted by Gasteiger charge is -2.26. The normalized spacial score (nSPS) is 16.7. The van der Waals surface area contributed by atoms with E-state index in [1.807, 2.05) is 0 Å². The summed E-state index contributed by atoms with van der Waals surface area (Å²) in [6.45, 7) is 6.52. The number of nitrogens with zero attached hydrogens (tertiary/aromatic N) is 1. The van der Waals surface area contributed by atoms with Crippen LogP contribution in [0.2, 0.25) is 0 Å². The highest BCUT2D eigenvalue weighted by Gasteiger charge is 2.08. The zero-order valence-corrected chi connectivity index (χ0v) is 11.0. The van der Waals surface area contributed by atoms with Gasteiger partial charge in [0.05, 0.1) is 19.8 Å². The Balaban J connectivity index is 1.73.